The summed E-state index contributed by atoms with van der Waals surface area (Å²) in [4.78, 5) is 20.5. The van der Waals surface area contributed by atoms with Gasteiger partial charge in [0.1, 0.15) is 12.4 Å². The highest BCUT2D eigenvalue weighted by Gasteiger charge is 2.07. The van der Waals surface area contributed by atoms with Crippen molar-refractivity contribution < 1.29 is 24.5 Å². The molecule has 0 radical (unpaired) electrons. The maximum absolute atomic E-state index is 9.10. The molecule has 0 aromatic heterocycles. The van der Waals surface area contributed by atoms with Crippen LogP contribution in [0.3, 0.4) is 0 Å². The number of halogens is 1. The van der Waals surface area contributed by atoms with E-state index < -0.39 is 11.9 Å². The van der Waals surface area contributed by atoms with Crippen molar-refractivity contribution in [2.45, 2.75) is 20.4 Å². The number of rotatable bonds is 6. The number of carbonyl (C=O) groups is 2. The largest absolute Gasteiger partial charge is 0.491 e. The molecule has 0 unspecified atom stereocenters. The van der Waals surface area contributed by atoms with Gasteiger partial charge in [0.15, 0.2) is 0 Å². The van der Waals surface area contributed by atoms with Crippen molar-refractivity contribution in [1.82, 2.24) is 4.90 Å². The molecule has 2 aromatic rings. The number of likely N-dealkylation sites (N-methyl/N-ethyl adjacent to an activating group) is 1. The van der Waals surface area contributed by atoms with Crippen LogP contribution in [0, 0.1) is 13.8 Å². The highest BCUT2D eigenvalue weighted by atomic mass is 79.9. The lowest BCUT2D eigenvalue weighted by molar-refractivity contribution is -0.159. The third-order valence-corrected chi connectivity index (χ3v) is 4.16. The molecule has 0 fully saturated rings. The normalized spacial score (nSPS) is 10.1. The average molecular weight is 438 g/mol. The summed E-state index contributed by atoms with van der Waals surface area (Å²) in [6.07, 6.45) is 0. The van der Waals surface area contributed by atoms with E-state index in [-0.39, 0.29) is 0 Å². The van der Waals surface area contributed by atoms with Crippen LogP contribution in [0.15, 0.2) is 46.9 Å². The van der Waals surface area contributed by atoms with E-state index in [4.69, 9.17) is 24.5 Å². The molecule has 0 amide bonds. The Hall–Kier alpha value is -2.38. The first-order valence-corrected chi connectivity index (χ1v) is 9.08. The monoisotopic (exact) mass is 437 g/mol. The molecule has 0 bridgehead atoms. The number of benzene rings is 2. The van der Waals surface area contributed by atoms with E-state index in [1.807, 2.05) is 6.07 Å². The Balaban J connectivity index is 0.000000527. The van der Waals surface area contributed by atoms with Crippen LogP contribution in [0.5, 0.6) is 5.75 Å². The average Bonchev–Trinajstić information content (AvgIpc) is 2.58. The van der Waals surface area contributed by atoms with E-state index in [1.165, 1.54) is 16.7 Å². The zero-order valence-electron chi connectivity index (χ0n) is 15.6. The van der Waals surface area contributed by atoms with Crippen LogP contribution in [0.1, 0.15) is 16.7 Å². The maximum Gasteiger partial charge on any atom is 0.414 e. The van der Waals surface area contributed by atoms with Gasteiger partial charge in [-0.05, 0) is 59.6 Å². The number of nitrogens with zero attached hydrogens (tertiary/aromatic N) is 1. The van der Waals surface area contributed by atoms with Crippen LogP contribution in [0.25, 0.3) is 0 Å². The van der Waals surface area contributed by atoms with Gasteiger partial charge >= 0.3 is 11.9 Å². The SMILES string of the molecule is Cc1cc(C)c(OCCN(C)Cc2ccccc2)c(Br)c1.O=C(O)C(=O)O. The van der Waals surface area contributed by atoms with Crippen LogP contribution in [0.2, 0.25) is 0 Å². The standard InChI is InChI=1S/C18H22BrNO.C2H2O4/c1-14-11-15(2)18(17(19)12-14)21-10-9-20(3)13-16-7-5-4-6-8-16;3-1(4)2(5)6/h4-8,11-12H,9-10,13H2,1-3H3;(H,3,4)(H,5,6). The first kappa shape index (κ1) is 22.7. The summed E-state index contributed by atoms with van der Waals surface area (Å²) < 4.78 is 6.98. The van der Waals surface area contributed by atoms with Crippen LogP contribution in [-0.2, 0) is 16.1 Å². The molecule has 0 saturated heterocycles. The van der Waals surface area contributed by atoms with Crippen molar-refractivity contribution in [3.8, 4) is 5.75 Å². The minimum atomic E-state index is -1.82. The summed E-state index contributed by atoms with van der Waals surface area (Å²) in [5.74, 6) is -2.70. The summed E-state index contributed by atoms with van der Waals surface area (Å²) in [5, 5.41) is 14.8. The Morgan fingerprint density at radius 2 is 1.67 bits per heavy atom. The second kappa shape index (κ2) is 11.4. The Kier molecular flexibility index (Phi) is 9.53. The number of hydrogen-bond acceptors (Lipinski definition) is 4. The van der Waals surface area contributed by atoms with E-state index in [0.717, 1.165) is 23.3 Å². The van der Waals surface area contributed by atoms with Gasteiger partial charge in [-0.15, -0.1) is 0 Å². The van der Waals surface area contributed by atoms with Gasteiger partial charge in [-0.2, -0.15) is 0 Å². The molecule has 0 saturated carbocycles. The zero-order chi connectivity index (χ0) is 20.4. The molecule has 6 nitrogen and oxygen atoms in total. The molecule has 0 spiro atoms. The minimum Gasteiger partial charge on any atom is -0.491 e. The van der Waals surface area contributed by atoms with Crippen LogP contribution < -0.4 is 4.74 Å². The van der Waals surface area contributed by atoms with Gasteiger partial charge in [-0.3, -0.25) is 4.90 Å². The lowest BCUT2D eigenvalue weighted by Gasteiger charge is -2.18. The van der Waals surface area contributed by atoms with Gasteiger partial charge in [-0.25, -0.2) is 9.59 Å². The van der Waals surface area contributed by atoms with E-state index in [9.17, 15) is 0 Å². The molecule has 2 rings (SSSR count). The number of aliphatic carboxylic acids is 2. The minimum absolute atomic E-state index is 0.686. The zero-order valence-corrected chi connectivity index (χ0v) is 17.2. The number of carboxylic acids is 2. The molecular formula is C20H24BrNO5. The second-order valence-corrected chi connectivity index (χ2v) is 6.93. The second-order valence-electron chi connectivity index (χ2n) is 6.07. The topological polar surface area (TPSA) is 87.1 Å². The maximum atomic E-state index is 9.10. The molecule has 0 aliphatic rings. The quantitative estimate of drug-likeness (QED) is 0.669. The van der Waals surface area contributed by atoms with Crippen molar-refractivity contribution in [1.29, 1.82) is 0 Å². The third kappa shape index (κ3) is 8.70. The van der Waals surface area contributed by atoms with Gasteiger partial charge in [0, 0.05) is 13.1 Å². The highest BCUT2D eigenvalue weighted by molar-refractivity contribution is 9.10. The summed E-state index contributed by atoms with van der Waals surface area (Å²) in [5.41, 5.74) is 3.74. The van der Waals surface area contributed by atoms with Crippen molar-refractivity contribution in [2.75, 3.05) is 20.2 Å². The molecule has 27 heavy (non-hydrogen) atoms. The summed E-state index contributed by atoms with van der Waals surface area (Å²) in [7, 11) is 2.12. The summed E-state index contributed by atoms with van der Waals surface area (Å²) in [6.45, 7) is 6.70. The first-order chi connectivity index (χ1) is 12.7. The molecular weight excluding hydrogens is 414 g/mol. The molecule has 0 aliphatic carbocycles. The summed E-state index contributed by atoms with van der Waals surface area (Å²) >= 11 is 3.58. The smallest absolute Gasteiger partial charge is 0.414 e. The van der Waals surface area contributed by atoms with Crippen molar-refractivity contribution in [3.63, 3.8) is 0 Å². The van der Waals surface area contributed by atoms with Crippen molar-refractivity contribution >= 4 is 27.9 Å². The fraction of sp³-hybridized carbons (Fsp3) is 0.300. The van der Waals surface area contributed by atoms with Gasteiger partial charge in [0.05, 0.1) is 4.47 Å². The Morgan fingerprint density at radius 3 is 2.19 bits per heavy atom. The lowest BCUT2D eigenvalue weighted by atomic mass is 10.1. The third-order valence-electron chi connectivity index (χ3n) is 3.57. The molecule has 146 valence electrons. The molecule has 0 heterocycles. The van der Waals surface area contributed by atoms with Gasteiger partial charge in [-0.1, -0.05) is 36.4 Å². The lowest BCUT2D eigenvalue weighted by Crippen LogP contribution is -2.24. The van der Waals surface area contributed by atoms with Gasteiger partial charge in [0.25, 0.3) is 0 Å². The van der Waals surface area contributed by atoms with Crippen LogP contribution in [-0.4, -0.2) is 47.3 Å². The molecule has 0 aliphatic heterocycles. The molecule has 2 aromatic carbocycles. The van der Waals surface area contributed by atoms with E-state index in [2.05, 4.69) is 78.1 Å². The summed E-state index contributed by atoms with van der Waals surface area (Å²) in [6, 6.07) is 14.7. The molecule has 7 heteroatoms. The van der Waals surface area contributed by atoms with E-state index in [0.29, 0.717) is 6.61 Å². The fourth-order valence-electron chi connectivity index (χ4n) is 2.36. The van der Waals surface area contributed by atoms with Crippen molar-refractivity contribution in [2.24, 2.45) is 0 Å². The number of hydrogen-bond donors (Lipinski definition) is 2. The molecule has 2 N–H and O–H groups in total. The predicted octanol–water partition coefficient (Wildman–Crippen LogP) is 3.73. The van der Waals surface area contributed by atoms with Gasteiger partial charge < -0.3 is 14.9 Å². The van der Waals surface area contributed by atoms with Gasteiger partial charge in [0.2, 0.25) is 0 Å². The van der Waals surface area contributed by atoms with Crippen LogP contribution >= 0.6 is 15.9 Å². The Morgan fingerprint density at radius 1 is 1.07 bits per heavy atom. The Labute approximate surface area is 167 Å². The van der Waals surface area contributed by atoms with Crippen LogP contribution in [0.4, 0.5) is 0 Å². The first-order valence-electron chi connectivity index (χ1n) is 8.29. The number of aryl methyl sites for hydroxylation is 2. The number of ether oxygens (including phenoxy) is 1. The highest BCUT2D eigenvalue weighted by Crippen LogP contribution is 2.30. The molecule has 0 atom stereocenters. The Bertz CT molecular complexity index is 729. The predicted molar refractivity (Wildman–Crippen MR) is 107 cm³/mol. The van der Waals surface area contributed by atoms with E-state index >= 15 is 0 Å². The van der Waals surface area contributed by atoms with Crippen molar-refractivity contribution in [3.05, 3.63) is 63.6 Å². The fourth-order valence-corrected chi connectivity index (χ4v) is 3.15. The number of carboxylic acid groups (broad SMARTS) is 2. The van der Waals surface area contributed by atoms with E-state index in [1.54, 1.807) is 0 Å².